The first-order valence-electron chi connectivity index (χ1n) is 6.94. The van der Waals surface area contributed by atoms with Gasteiger partial charge in [0.15, 0.2) is 0 Å². The molecule has 0 aliphatic rings. The molecule has 2 atom stereocenters. The van der Waals surface area contributed by atoms with Crippen LogP contribution in [0.4, 0.5) is 0 Å². The number of primary amides is 1. The maximum Gasteiger partial charge on any atom is 0.239 e. The molecular formula is C12H26N6O3. The predicted octanol–water partition coefficient (Wildman–Crippen LogP) is -3.12. The van der Waals surface area contributed by atoms with Crippen molar-refractivity contribution in [2.45, 2.75) is 37.8 Å². The Morgan fingerprint density at radius 3 is 2.29 bits per heavy atom. The second-order valence-corrected chi connectivity index (χ2v) is 4.69. The van der Waals surface area contributed by atoms with Crippen molar-refractivity contribution in [2.24, 2.45) is 22.9 Å². The van der Waals surface area contributed by atoms with Gasteiger partial charge in [-0.15, -0.1) is 0 Å². The minimum Gasteiger partial charge on any atom is -0.368 e. The Morgan fingerprint density at radius 2 is 1.76 bits per heavy atom. The molecule has 0 aliphatic carbocycles. The standard InChI is InChI=1S/C12H26N6O3/c13-5-2-1-3-9(11(16)20)18-10(19)4-6-17-12(21)8(15)7-14/h8-9H,1-7,13-15H2,(H2,16,20)(H,17,21)(H,18,19)/t8?,9-/m0/s1. The van der Waals surface area contributed by atoms with E-state index in [1.165, 1.54) is 0 Å². The lowest BCUT2D eigenvalue weighted by Gasteiger charge is -2.15. The summed E-state index contributed by atoms with van der Waals surface area (Å²) < 4.78 is 0. The number of nitrogens with one attached hydrogen (secondary N) is 2. The highest BCUT2D eigenvalue weighted by Gasteiger charge is 2.17. The lowest BCUT2D eigenvalue weighted by Crippen LogP contribution is -2.47. The third-order valence-corrected chi connectivity index (χ3v) is 2.87. The molecule has 0 radical (unpaired) electrons. The first-order chi connectivity index (χ1) is 9.92. The van der Waals surface area contributed by atoms with Crippen LogP contribution in [0.15, 0.2) is 0 Å². The third-order valence-electron chi connectivity index (χ3n) is 2.87. The molecule has 0 aromatic rings. The molecule has 0 heterocycles. The lowest BCUT2D eigenvalue weighted by molar-refractivity contribution is -0.127. The summed E-state index contributed by atoms with van der Waals surface area (Å²) >= 11 is 0. The van der Waals surface area contributed by atoms with Crippen molar-refractivity contribution in [3.8, 4) is 0 Å². The van der Waals surface area contributed by atoms with Gasteiger partial charge in [0.05, 0.1) is 6.04 Å². The van der Waals surface area contributed by atoms with Gasteiger partial charge in [-0.3, -0.25) is 14.4 Å². The quantitative estimate of drug-likeness (QED) is 0.220. The maximum absolute atomic E-state index is 11.7. The highest BCUT2D eigenvalue weighted by molar-refractivity contribution is 5.87. The number of carbonyl (C=O) groups excluding carboxylic acids is 3. The van der Waals surface area contributed by atoms with Gasteiger partial charge in [-0.25, -0.2) is 0 Å². The predicted molar refractivity (Wildman–Crippen MR) is 78.7 cm³/mol. The summed E-state index contributed by atoms with van der Waals surface area (Å²) in [6.45, 7) is 0.669. The second kappa shape index (κ2) is 11.0. The molecular weight excluding hydrogens is 276 g/mol. The monoisotopic (exact) mass is 302 g/mol. The summed E-state index contributed by atoms with van der Waals surface area (Å²) in [5.74, 6) is -1.37. The van der Waals surface area contributed by atoms with E-state index >= 15 is 0 Å². The van der Waals surface area contributed by atoms with Crippen LogP contribution in [-0.2, 0) is 14.4 Å². The molecule has 0 rings (SSSR count). The van der Waals surface area contributed by atoms with Crippen LogP contribution in [0.3, 0.4) is 0 Å². The van der Waals surface area contributed by atoms with Gasteiger partial charge in [0.2, 0.25) is 17.7 Å². The maximum atomic E-state index is 11.7. The van der Waals surface area contributed by atoms with Gasteiger partial charge >= 0.3 is 0 Å². The van der Waals surface area contributed by atoms with Crippen LogP contribution >= 0.6 is 0 Å². The van der Waals surface area contributed by atoms with Crippen LogP contribution in [-0.4, -0.2) is 49.4 Å². The van der Waals surface area contributed by atoms with E-state index in [9.17, 15) is 14.4 Å². The minimum absolute atomic E-state index is 0.0307. The van der Waals surface area contributed by atoms with Crippen molar-refractivity contribution in [2.75, 3.05) is 19.6 Å². The number of hydrogen-bond acceptors (Lipinski definition) is 6. The van der Waals surface area contributed by atoms with Gasteiger partial charge < -0.3 is 33.6 Å². The normalized spacial score (nSPS) is 13.3. The van der Waals surface area contributed by atoms with Crippen LogP contribution in [0.2, 0.25) is 0 Å². The van der Waals surface area contributed by atoms with E-state index in [0.29, 0.717) is 19.4 Å². The first kappa shape index (κ1) is 19.3. The summed E-state index contributed by atoms with van der Waals surface area (Å²) in [6, 6.07) is -1.51. The molecule has 0 fully saturated rings. The molecule has 0 saturated carbocycles. The van der Waals surface area contributed by atoms with Gasteiger partial charge in [0.1, 0.15) is 6.04 Å². The summed E-state index contributed by atoms with van der Waals surface area (Å²) in [6.07, 6.45) is 1.94. The third kappa shape index (κ3) is 8.95. The lowest BCUT2D eigenvalue weighted by atomic mass is 10.1. The molecule has 0 bridgehead atoms. The Morgan fingerprint density at radius 1 is 1.10 bits per heavy atom. The zero-order valence-corrected chi connectivity index (χ0v) is 12.1. The van der Waals surface area contributed by atoms with Crippen molar-refractivity contribution in [3.05, 3.63) is 0 Å². The van der Waals surface area contributed by atoms with Gasteiger partial charge in [0, 0.05) is 19.5 Å². The highest BCUT2D eigenvalue weighted by Crippen LogP contribution is 2.00. The number of rotatable bonds is 11. The number of nitrogens with two attached hydrogens (primary N) is 4. The number of amides is 3. The van der Waals surface area contributed by atoms with Crippen molar-refractivity contribution >= 4 is 17.7 Å². The Balaban J connectivity index is 4.03. The Labute approximate surface area is 124 Å². The average Bonchev–Trinajstić information content (AvgIpc) is 2.45. The molecule has 0 saturated heterocycles. The van der Waals surface area contributed by atoms with E-state index in [0.717, 1.165) is 6.42 Å². The van der Waals surface area contributed by atoms with E-state index in [-0.39, 0.29) is 25.4 Å². The van der Waals surface area contributed by atoms with Crippen LogP contribution < -0.4 is 33.6 Å². The van der Waals surface area contributed by atoms with E-state index in [2.05, 4.69) is 10.6 Å². The number of unbranched alkanes of at least 4 members (excludes halogenated alkanes) is 1. The van der Waals surface area contributed by atoms with Gasteiger partial charge in [0.25, 0.3) is 0 Å². The fourth-order valence-corrected chi connectivity index (χ4v) is 1.58. The van der Waals surface area contributed by atoms with Crippen molar-refractivity contribution in [1.82, 2.24) is 10.6 Å². The van der Waals surface area contributed by atoms with Crippen molar-refractivity contribution in [3.63, 3.8) is 0 Å². The molecule has 0 aliphatic heterocycles. The topological polar surface area (TPSA) is 179 Å². The second-order valence-electron chi connectivity index (χ2n) is 4.69. The Kier molecular flexibility index (Phi) is 10.1. The molecule has 122 valence electrons. The highest BCUT2D eigenvalue weighted by atomic mass is 16.2. The summed E-state index contributed by atoms with van der Waals surface area (Å²) in [5, 5.41) is 5.01. The number of hydrogen-bond donors (Lipinski definition) is 6. The average molecular weight is 302 g/mol. The van der Waals surface area contributed by atoms with Crippen LogP contribution in [0.5, 0.6) is 0 Å². The molecule has 1 unspecified atom stereocenters. The van der Waals surface area contributed by atoms with Crippen LogP contribution in [0.25, 0.3) is 0 Å². The van der Waals surface area contributed by atoms with Crippen LogP contribution in [0, 0.1) is 0 Å². The van der Waals surface area contributed by atoms with Crippen molar-refractivity contribution in [1.29, 1.82) is 0 Å². The van der Waals surface area contributed by atoms with E-state index in [4.69, 9.17) is 22.9 Å². The van der Waals surface area contributed by atoms with Gasteiger partial charge in [-0.05, 0) is 25.8 Å². The largest absolute Gasteiger partial charge is 0.368 e. The molecule has 9 nitrogen and oxygen atoms in total. The van der Waals surface area contributed by atoms with Crippen LogP contribution in [0.1, 0.15) is 25.7 Å². The van der Waals surface area contributed by atoms with E-state index < -0.39 is 23.9 Å². The summed E-state index contributed by atoms with van der Waals surface area (Å²) in [5.41, 5.74) is 21.2. The Hall–Kier alpha value is -1.71. The number of carbonyl (C=O) groups is 3. The SMILES string of the molecule is NCCCC[C@H](NC(=O)CCNC(=O)C(N)CN)C(N)=O. The first-order valence-corrected chi connectivity index (χ1v) is 6.94. The molecule has 0 aromatic carbocycles. The molecule has 0 spiro atoms. The molecule has 21 heavy (non-hydrogen) atoms. The van der Waals surface area contributed by atoms with E-state index in [1.54, 1.807) is 0 Å². The smallest absolute Gasteiger partial charge is 0.239 e. The molecule has 3 amide bonds. The fourth-order valence-electron chi connectivity index (χ4n) is 1.58. The Bertz CT molecular complexity index is 350. The molecule has 10 N–H and O–H groups in total. The minimum atomic E-state index is -0.789. The van der Waals surface area contributed by atoms with Gasteiger partial charge in [-0.1, -0.05) is 0 Å². The van der Waals surface area contributed by atoms with Crippen molar-refractivity contribution < 1.29 is 14.4 Å². The van der Waals surface area contributed by atoms with Gasteiger partial charge in [-0.2, -0.15) is 0 Å². The molecule has 9 heteroatoms. The summed E-state index contributed by atoms with van der Waals surface area (Å²) in [7, 11) is 0. The zero-order valence-electron chi connectivity index (χ0n) is 12.1. The summed E-state index contributed by atoms with van der Waals surface area (Å²) in [4.78, 5) is 34.2. The van der Waals surface area contributed by atoms with E-state index in [1.807, 2.05) is 0 Å². The zero-order chi connectivity index (χ0) is 16.3. The molecule has 0 aromatic heterocycles. The fraction of sp³-hybridized carbons (Fsp3) is 0.750.